The zero-order chi connectivity index (χ0) is 12.2. The summed E-state index contributed by atoms with van der Waals surface area (Å²) >= 11 is 3.41. The van der Waals surface area contributed by atoms with Crippen molar-refractivity contribution < 1.29 is 0 Å². The fourth-order valence-electron chi connectivity index (χ4n) is 1.90. The molecule has 0 saturated heterocycles. The predicted molar refractivity (Wildman–Crippen MR) is 71.1 cm³/mol. The molecule has 0 amide bonds. The lowest BCUT2D eigenvalue weighted by Gasteiger charge is -2.30. The van der Waals surface area contributed by atoms with Crippen LogP contribution < -0.4 is 0 Å². The van der Waals surface area contributed by atoms with E-state index in [1.807, 2.05) is 30.3 Å². The molecule has 2 heteroatoms. The first-order chi connectivity index (χ1) is 7.56. The van der Waals surface area contributed by atoms with Crippen LogP contribution >= 0.6 is 15.9 Å². The molecule has 0 aromatic heterocycles. The summed E-state index contributed by atoms with van der Waals surface area (Å²) in [7, 11) is 0. The molecule has 1 aromatic rings. The SMILES string of the molecule is C=CC[C@@](C#N)(c1ccc(Br)cc1)C(C)C. The Morgan fingerprint density at radius 3 is 2.38 bits per heavy atom. The van der Waals surface area contributed by atoms with E-state index < -0.39 is 5.41 Å². The maximum atomic E-state index is 9.49. The van der Waals surface area contributed by atoms with Crippen molar-refractivity contribution in [1.82, 2.24) is 0 Å². The topological polar surface area (TPSA) is 23.8 Å². The number of nitriles is 1. The number of benzene rings is 1. The van der Waals surface area contributed by atoms with Crippen LogP contribution in [0, 0.1) is 17.2 Å². The normalized spacial score (nSPS) is 14.2. The van der Waals surface area contributed by atoms with Crippen LogP contribution in [-0.2, 0) is 5.41 Å². The molecule has 0 aliphatic heterocycles. The van der Waals surface area contributed by atoms with Crippen LogP contribution in [-0.4, -0.2) is 0 Å². The van der Waals surface area contributed by atoms with Gasteiger partial charge < -0.3 is 0 Å². The lowest BCUT2D eigenvalue weighted by molar-refractivity contribution is 0.399. The molecule has 1 nitrogen and oxygen atoms in total. The average molecular weight is 278 g/mol. The first kappa shape index (κ1) is 13.0. The monoisotopic (exact) mass is 277 g/mol. The van der Waals surface area contributed by atoms with Gasteiger partial charge in [-0.15, -0.1) is 6.58 Å². The summed E-state index contributed by atoms with van der Waals surface area (Å²) in [6.45, 7) is 7.91. The van der Waals surface area contributed by atoms with Crippen molar-refractivity contribution in [3.63, 3.8) is 0 Å². The van der Waals surface area contributed by atoms with Gasteiger partial charge in [-0.1, -0.05) is 48.0 Å². The zero-order valence-electron chi connectivity index (χ0n) is 9.70. The largest absolute Gasteiger partial charge is 0.197 e. The summed E-state index contributed by atoms with van der Waals surface area (Å²) in [5.74, 6) is 0.261. The minimum atomic E-state index is -0.456. The van der Waals surface area contributed by atoms with E-state index in [0.29, 0.717) is 6.42 Å². The van der Waals surface area contributed by atoms with Crippen LogP contribution in [0.2, 0.25) is 0 Å². The third-order valence-corrected chi connectivity index (χ3v) is 3.54. The van der Waals surface area contributed by atoms with Gasteiger partial charge in [-0.3, -0.25) is 0 Å². The second-order valence-corrected chi connectivity index (χ2v) is 5.15. The van der Waals surface area contributed by atoms with Gasteiger partial charge in [-0.25, -0.2) is 0 Å². The molecule has 16 heavy (non-hydrogen) atoms. The van der Waals surface area contributed by atoms with Crippen molar-refractivity contribution >= 4 is 15.9 Å². The van der Waals surface area contributed by atoms with E-state index in [1.54, 1.807) is 0 Å². The van der Waals surface area contributed by atoms with Crippen LogP contribution in [0.1, 0.15) is 25.8 Å². The zero-order valence-corrected chi connectivity index (χ0v) is 11.3. The summed E-state index contributed by atoms with van der Waals surface area (Å²) in [6, 6.07) is 10.4. The van der Waals surface area contributed by atoms with E-state index in [4.69, 9.17) is 0 Å². The molecule has 0 spiro atoms. The highest BCUT2D eigenvalue weighted by atomic mass is 79.9. The van der Waals surface area contributed by atoms with Gasteiger partial charge in [-0.2, -0.15) is 5.26 Å². The summed E-state index contributed by atoms with van der Waals surface area (Å²) in [5.41, 5.74) is 0.607. The first-order valence-electron chi connectivity index (χ1n) is 5.35. The highest BCUT2D eigenvalue weighted by Crippen LogP contribution is 2.36. The van der Waals surface area contributed by atoms with E-state index in [1.165, 1.54) is 0 Å². The van der Waals surface area contributed by atoms with E-state index in [2.05, 4.69) is 42.4 Å². The maximum absolute atomic E-state index is 9.49. The van der Waals surface area contributed by atoms with Crippen molar-refractivity contribution in [1.29, 1.82) is 5.26 Å². The minimum Gasteiger partial charge on any atom is -0.197 e. The fraction of sp³-hybridized carbons (Fsp3) is 0.357. The minimum absolute atomic E-state index is 0.261. The van der Waals surface area contributed by atoms with Crippen molar-refractivity contribution in [2.75, 3.05) is 0 Å². The van der Waals surface area contributed by atoms with Crippen LogP contribution in [0.15, 0.2) is 41.4 Å². The Bertz CT molecular complexity index is 400. The molecule has 0 radical (unpaired) electrons. The molecular weight excluding hydrogens is 262 g/mol. The van der Waals surface area contributed by atoms with Crippen LogP contribution in [0.5, 0.6) is 0 Å². The van der Waals surface area contributed by atoms with Gasteiger partial charge in [0, 0.05) is 4.47 Å². The molecule has 0 heterocycles. The molecule has 84 valence electrons. The molecule has 0 saturated carbocycles. The Balaban J connectivity index is 3.25. The van der Waals surface area contributed by atoms with Gasteiger partial charge in [0.25, 0.3) is 0 Å². The van der Waals surface area contributed by atoms with Crippen LogP contribution in [0.4, 0.5) is 0 Å². The lowest BCUT2D eigenvalue weighted by Crippen LogP contribution is -2.29. The molecule has 0 N–H and O–H groups in total. The van der Waals surface area contributed by atoms with Gasteiger partial charge in [0.05, 0.1) is 11.5 Å². The number of halogens is 1. The Kier molecular flexibility index (Phi) is 4.32. The lowest BCUT2D eigenvalue weighted by atomic mass is 9.70. The predicted octanol–water partition coefficient (Wildman–Crippen LogP) is 4.44. The van der Waals surface area contributed by atoms with E-state index in [-0.39, 0.29) is 5.92 Å². The quantitative estimate of drug-likeness (QED) is 0.747. The Morgan fingerprint density at radius 2 is 2.00 bits per heavy atom. The third kappa shape index (κ3) is 2.36. The average Bonchev–Trinajstić information content (AvgIpc) is 2.27. The van der Waals surface area contributed by atoms with E-state index in [0.717, 1.165) is 10.0 Å². The van der Waals surface area contributed by atoms with Gasteiger partial charge in [-0.05, 0) is 30.0 Å². The number of rotatable bonds is 4. The van der Waals surface area contributed by atoms with Gasteiger partial charge in [0.2, 0.25) is 0 Å². The number of hydrogen-bond acceptors (Lipinski definition) is 1. The summed E-state index contributed by atoms with van der Waals surface area (Å²) in [5, 5.41) is 9.49. The molecular formula is C14H16BrN. The van der Waals surface area contributed by atoms with E-state index >= 15 is 0 Å². The fourth-order valence-corrected chi connectivity index (χ4v) is 2.17. The number of hydrogen-bond donors (Lipinski definition) is 0. The number of nitrogens with zero attached hydrogens (tertiary/aromatic N) is 1. The molecule has 1 rings (SSSR count). The van der Waals surface area contributed by atoms with Crippen molar-refractivity contribution in [3.05, 3.63) is 47.0 Å². The Morgan fingerprint density at radius 1 is 1.44 bits per heavy atom. The second kappa shape index (κ2) is 5.32. The smallest absolute Gasteiger partial charge is 0.0879 e. The number of allylic oxidation sites excluding steroid dienone is 1. The molecule has 0 unspecified atom stereocenters. The third-order valence-electron chi connectivity index (χ3n) is 3.01. The molecule has 0 bridgehead atoms. The van der Waals surface area contributed by atoms with Crippen molar-refractivity contribution in [3.8, 4) is 6.07 Å². The van der Waals surface area contributed by atoms with Gasteiger partial charge in [0.15, 0.2) is 0 Å². The highest BCUT2D eigenvalue weighted by molar-refractivity contribution is 9.10. The van der Waals surface area contributed by atoms with Gasteiger partial charge >= 0.3 is 0 Å². The standard InChI is InChI=1S/C14H16BrN/c1-4-9-14(10-16,11(2)3)12-5-7-13(15)8-6-12/h4-8,11H,1,9H2,2-3H3/t14-/m0/s1. The Labute approximate surface area is 106 Å². The second-order valence-electron chi connectivity index (χ2n) is 4.24. The molecule has 1 aromatic carbocycles. The summed E-state index contributed by atoms with van der Waals surface area (Å²) in [6.07, 6.45) is 2.51. The molecule has 0 fully saturated rings. The summed E-state index contributed by atoms with van der Waals surface area (Å²) < 4.78 is 1.03. The van der Waals surface area contributed by atoms with Crippen LogP contribution in [0.25, 0.3) is 0 Å². The molecule has 1 atom stereocenters. The van der Waals surface area contributed by atoms with E-state index in [9.17, 15) is 5.26 Å². The summed E-state index contributed by atoms with van der Waals surface area (Å²) in [4.78, 5) is 0. The van der Waals surface area contributed by atoms with Crippen molar-refractivity contribution in [2.24, 2.45) is 5.92 Å². The first-order valence-corrected chi connectivity index (χ1v) is 6.14. The van der Waals surface area contributed by atoms with Crippen LogP contribution in [0.3, 0.4) is 0 Å². The highest BCUT2D eigenvalue weighted by Gasteiger charge is 2.34. The Hall–Kier alpha value is -1.07. The molecule has 0 aliphatic rings. The maximum Gasteiger partial charge on any atom is 0.0879 e. The molecule has 0 aliphatic carbocycles. The van der Waals surface area contributed by atoms with Gasteiger partial charge in [0.1, 0.15) is 0 Å². The van der Waals surface area contributed by atoms with Crippen molar-refractivity contribution in [2.45, 2.75) is 25.7 Å².